The van der Waals surface area contributed by atoms with Crippen molar-refractivity contribution in [3.63, 3.8) is 0 Å². The van der Waals surface area contributed by atoms with Gasteiger partial charge in [-0.25, -0.2) is 0 Å². The minimum absolute atomic E-state index is 0.0646. The van der Waals surface area contributed by atoms with E-state index in [1.807, 2.05) is 0 Å². The van der Waals surface area contributed by atoms with Gasteiger partial charge in [-0.1, -0.05) is 11.6 Å². The fourth-order valence-electron chi connectivity index (χ4n) is 1.94. The fraction of sp³-hybridized carbons (Fsp3) is 0.462. The lowest BCUT2D eigenvalue weighted by atomic mass is 10.1. The van der Waals surface area contributed by atoms with Gasteiger partial charge in [-0.15, -0.1) is 0 Å². The van der Waals surface area contributed by atoms with Crippen LogP contribution in [0.25, 0.3) is 0 Å². The van der Waals surface area contributed by atoms with Gasteiger partial charge in [-0.3, -0.25) is 4.79 Å². The average Bonchev–Trinajstić information content (AvgIpc) is 3.13. The molecule has 1 saturated carbocycles. The topological polar surface area (TPSA) is 55.1 Å². The summed E-state index contributed by atoms with van der Waals surface area (Å²) in [7, 11) is 0. The Balaban J connectivity index is 2.03. The standard InChI is InChI=1S/C13H14ClF3N2O/c14-10-4-3-8(5-9(10)13(15,16)17)19-12(20)6-11(18)7-1-2-7/h3-5,7,11H,1-2,6,18H2,(H,19,20). The molecule has 3 nitrogen and oxygen atoms in total. The highest BCUT2D eigenvalue weighted by Crippen LogP contribution is 2.36. The smallest absolute Gasteiger partial charge is 0.327 e. The number of alkyl halides is 3. The molecule has 1 atom stereocenters. The van der Waals surface area contributed by atoms with Crippen LogP contribution < -0.4 is 11.1 Å². The van der Waals surface area contributed by atoms with Gasteiger partial charge in [0.25, 0.3) is 0 Å². The summed E-state index contributed by atoms with van der Waals surface area (Å²) < 4.78 is 38.0. The van der Waals surface area contributed by atoms with Gasteiger partial charge < -0.3 is 11.1 Å². The molecule has 1 aliphatic carbocycles. The van der Waals surface area contributed by atoms with Crippen LogP contribution in [0.15, 0.2) is 18.2 Å². The molecule has 3 N–H and O–H groups in total. The molecule has 1 amide bonds. The van der Waals surface area contributed by atoms with Crippen LogP contribution in [0, 0.1) is 5.92 Å². The van der Waals surface area contributed by atoms with E-state index >= 15 is 0 Å². The van der Waals surface area contributed by atoms with Gasteiger partial charge in [0.05, 0.1) is 10.6 Å². The number of halogens is 4. The van der Waals surface area contributed by atoms with E-state index in [2.05, 4.69) is 5.32 Å². The van der Waals surface area contributed by atoms with Crippen LogP contribution in [0.3, 0.4) is 0 Å². The molecule has 1 aromatic rings. The molecular weight excluding hydrogens is 293 g/mol. The highest BCUT2D eigenvalue weighted by atomic mass is 35.5. The highest BCUT2D eigenvalue weighted by Gasteiger charge is 2.34. The van der Waals surface area contributed by atoms with Crippen molar-refractivity contribution in [1.29, 1.82) is 0 Å². The van der Waals surface area contributed by atoms with Crippen molar-refractivity contribution in [2.75, 3.05) is 5.32 Å². The molecule has 0 aromatic heterocycles. The zero-order valence-corrected chi connectivity index (χ0v) is 11.3. The first kappa shape index (κ1) is 15.1. The molecule has 1 unspecified atom stereocenters. The van der Waals surface area contributed by atoms with Crippen LogP contribution >= 0.6 is 11.6 Å². The lowest BCUT2D eigenvalue weighted by Crippen LogP contribution is -2.28. The molecule has 1 fully saturated rings. The molecule has 0 aliphatic heterocycles. The second-order valence-electron chi connectivity index (χ2n) is 4.95. The quantitative estimate of drug-likeness (QED) is 0.895. The van der Waals surface area contributed by atoms with Gasteiger partial charge in [-0.2, -0.15) is 13.2 Å². The van der Waals surface area contributed by atoms with Crippen LogP contribution in [0.5, 0.6) is 0 Å². The summed E-state index contributed by atoms with van der Waals surface area (Å²) in [5.74, 6) is -0.0310. The third kappa shape index (κ3) is 3.86. The summed E-state index contributed by atoms with van der Waals surface area (Å²) >= 11 is 5.50. The SMILES string of the molecule is NC(CC(=O)Nc1ccc(Cl)c(C(F)(F)F)c1)C1CC1. The number of anilines is 1. The summed E-state index contributed by atoms with van der Waals surface area (Å²) in [6.07, 6.45) is -2.43. The second-order valence-corrected chi connectivity index (χ2v) is 5.35. The number of amides is 1. The van der Waals surface area contributed by atoms with E-state index < -0.39 is 16.8 Å². The molecule has 7 heteroatoms. The van der Waals surface area contributed by atoms with Gasteiger partial charge in [0.15, 0.2) is 0 Å². The van der Waals surface area contributed by atoms with E-state index in [4.69, 9.17) is 17.3 Å². The summed E-state index contributed by atoms with van der Waals surface area (Å²) in [5, 5.41) is 2.02. The third-order valence-corrected chi connectivity index (χ3v) is 3.53. The summed E-state index contributed by atoms with van der Waals surface area (Å²) in [5.41, 5.74) is 4.89. The van der Waals surface area contributed by atoms with Gasteiger partial charge in [0.2, 0.25) is 5.91 Å². The number of rotatable bonds is 4. The summed E-state index contributed by atoms with van der Waals surface area (Å²) in [6.45, 7) is 0. The maximum Gasteiger partial charge on any atom is 0.417 e. The molecule has 0 radical (unpaired) electrons. The van der Waals surface area contributed by atoms with Crippen molar-refractivity contribution in [2.24, 2.45) is 11.7 Å². The number of nitrogens with two attached hydrogens (primary N) is 1. The first-order chi connectivity index (χ1) is 9.27. The number of hydrogen-bond acceptors (Lipinski definition) is 2. The van der Waals surface area contributed by atoms with Crippen molar-refractivity contribution in [1.82, 2.24) is 0 Å². The average molecular weight is 307 g/mol. The summed E-state index contributed by atoms with van der Waals surface area (Å²) in [6, 6.07) is 3.03. The fourth-order valence-corrected chi connectivity index (χ4v) is 2.16. The number of hydrogen-bond donors (Lipinski definition) is 2. The number of nitrogens with one attached hydrogen (secondary N) is 1. The number of benzene rings is 1. The van der Waals surface area contributed by atoms with Crippen molar-refractivity contribution in [2.45, 2.75) is 31.5 Å². The molecule has 0 spiro atoms. The highest BCUT2D eigenvalue weighted by molar-refractivity contribution is 6.31. The van der Waals surface area contributed by atoms with Crippen molar-refractivity contribution < 1.29 is 18.0 Å². The molecule has 20 heavy (non-hydrogen) atoms. The van der Waals surface area contributed by atoms with E-state index in [1.165, 1.54) is 6.07 Å². The molecule has 2 rings (SSSR count). The molecule has 110 valence electrons. The predicted molar refractivity (Wildman–Crippen MR) is 70.4 cm³/mol. The Morgan fingerprint density at radius 2 is 2.10 bits per heavy atom. The Morgan fingerprint density at radius 1 is 1.45 bits per heavy atom. The Bertz CT molecular complexity index is 515. The van der Waals surface area contributed by atoms with Crippen LogP contribution in [-0.2, 0) is 11.0 Å². The number of carbonyl (C=O) groups is 1. The largest absolute Gasteiger partial charge is 0.417 e. The van der Waals surface area contributed by atoms with Crippen molar-refractivity contribution >= 4 is 23.2 Å². The first-order valence-corrected chi connectivity index (χ1v) is 6.57. The number of carbonyl (C=O) groups excluding carboxylic acids is 1. The normalized spacial score (nSPS) is 16.9. The van der Waals surface area contributed by atoms with Crippen LogP contribution in [0.1, 0.15) is 24.8 Å². The monoisotopic (exact) mass is 306 g/mol. The van der Waals surface area contributed by atoms with Crippen molar-refractivity contribution in [3.8, 4) is 0 Å². The first-order valence-electron chi connectivity index (χ1n) is 6.19. The van der Waals surface area contributed by atoms with E-state index in [0.29, 0.717) is 5.92 Å². The molecular formula is C13H14ClF3N2O. The van der Waals surface area contributed by atoms with Gasteiger partial charge in [0.1, 0.15) is 0 Å². The zero-order chi connectivity index (χ0) is 14.9. The van der Waals surface area contributed by atoms with Crippen molar-refractivity contribution in [3.05, 3.63) is 28.8 Å². The molecule has 1 aliphatic rings. The zero-order valence-electron chi connectivity index (χ0n) is 10.5. The van der Waals surface area contributed by atoms with Crippen LogP contribution in [0.4, 0.5) is 18.9 Å². The van der Waals surface area contributed by atoms with Crippen LogP contribution in [-0.4, -0.2) is 11.9 Å². The molecule has 1 aromatic carbocycles. The van der Waals surface area contributed by atoms with Gasteiger partial charge >= 0.3 is 6.18 Å². The Labute approximate surface area is 119 Å². The maximum absolute atomic E-state index is 12.7. The Morgan fingerprint density at radius 3 is 2.65 bits per heavy atom. The minimum Gasteiger partial charge on any atom is -0.327 e. The van der Waals surface area contributed by atoms with Crippen LogP contribution in [0.2, 0.25) is 5.02 Å². The lowest BCUT2D eigenvalue weighted by molar-refractivity contribution is -0.137. The Kier molecular flexibility index (Phi) is 4.25. The third-order valence-electron chi connectivity index (χ3n) is 3.20. The Hall–Kier alpha value is -1.27. The van der Waals surface area contributed by atoms with E-state index in [9.17, 15) is 18.0 Å². The van der Waals surface area contributed by atoms with E-state index in [-0.39, 0.29) is 24.1 Å². The van der Waals surface area contributed by atoms with Gasteiger partial charge in [0, 0.05) is 18.2 Å². The minimum atomic E-state index is -4.55. The predicted octanol–water partition coefficient (Wildman–Crippen LogP) is 3.42. The van der Waals surface area contributed by atoms with Gasteiger partial charge in [-0.05, 0) is 37.0 Å². The maximum atomic E-state index is 12.7. The van der Waals surface area contributed by atoms with E-state index in [0.717, 1.165) is 25.0 Å². The molecule has 0 saturated heterocycles. The molecule has 0 bridgehead atoms. The second kappa shape index (κ2) is 5.61. The van der Waals surface area contributed by atoms with E-state index in [1.54, 1.807) is 0 Å². The summed E-state index contributed by atoms with van der Waals surface area (Å²) in [4.78, 5) is 11.7. The lowest BCUT2D eigenvalue weighted by Gasteiger charge is -2.13. The molecule has 0 heterocycles.